The molecule has 0 fully saturated rings. The van der Waals surface area contributed by atoms with E-state index in [1.807, 2.05) is 32.0 Å². The van der Waals surface area contributed by atoms with Crippen molar-refractivity contribution in [2.75, 3.05) is 6.79 Å². The van der Waals surface area contributed by atoms with E-state index in [-0.39, 0.29) is 25.1 Å². The molecule has 0 spiro atoms. The third-order valence-electron chi connectivity index (χ3n) is 2.84. The largest absolute Gasteiger partial charge is 0.454 e. The summed E-state index contributed by atoms with van der Waals surface area (Å²) >= 11 is 0. The van der Waals surface area contributed by atoms with Crippen LogP contribution in [-0.4, -0.2) is 18.0 Å². The van der Waals surface area contributed by atoms with Crippen molar-refractivity contribution in [1.82, 2.24) is 0 Å². The van der Waals surface area contributed by atoms with E-state index in [4.69, 9.17) is 15.2 Å². The van der Waals surface area contributed by atoms with Crippen molar-refractivity contribution < 1.29 is 14.6 Å². The number of nitrogens with two attached hydrogens (primary N) is 1. The minimum absolute atomic E-state index is 0. The summed E-state index contributed by atoms with van der Waals surface area (Å²) in [5.74, 6) is 1.46. The second-order valence-electron chi connectivity index (χ2n) is 4.34. The molecule has 5 heteroatoms. The monoisotopic (exact) mass is 259 g/mol. The van der Waals surface area contributed by atoms with Gasteiger partial charge in [0.2, 0.25) is 6.79 Å². The van der Waals surface area contributed by atoms with E-state index in [0.29, 0.717) is 11.5 Å². The van der Waals surface area contributed by atoms with Crippen molar-refractivity contribution in [3.8, 4) is 11.5 Å². The number of benzene rings is 1. The first-order valence-electron chi connectivity index (χ1n) is 5.43. The van der Waals surface area contributed by atoms with Crippen LogP contribution in [0, 0.1) is 5.92 Å². The van der Waals surface area contributed by atoms with E-state index in [1.165, 1.54) is 0 Å². The Bertz CT molecular complexity index is 384. The molecule has 17 heavy (non-hydrogen) atoms. The Hall–Kier alpha value is -0.970. The van der Waals surface area contributed by atoms with Gasteiger partial charge in [0, 0.05) is 5.56 Å². The van der Waals surface area contributed by atoms with Crippen LogP contribution >= 0.6 is 12.4 Å². The van der Waals surface area contributed by atoms with Gasteiger partial charge < -0.3 is 20.3 Å². The van der Waals surface area contributed by atoms with Crippen LogP contribution in [-0.2, 0) is 0 Å². The maximum atomic E-state index is 9.96. The van der Waals surface area contributed by atoms with E-state index in [1.54, 1.807) is 0 Å². The van der Waals surface area contributed by atoms with Crippen molar-refractivity contribution in [2.45, 2.75) is 26.0 Å². The molecule has 0 radical (unpaired) electrons. The molecule has 2 rings (SSSR count). The maximum absolute atomic E-state index is 9.96. The predicted octanol–water partition coefficient (Wildman–Crippen LogP) is 1.85. The number of aliphatic hydroxyl groups excluding tert-OH is 1. The highest BCUT2D eigenvalue weighted by molar-refractivity contribution is 5.85. The Kier molecular flexibility index (Phi) is 4.62. The molecule has 4 nitrogen and oxygen atoms in total. The molecule has 0 saturated carbocycles. The number of hydrogen-bond donors (Lipinski definition) is 2. The lowest BCUT2D eigenvalue weighted by atomic mass is 9.94. The lowest BCUT2D eigenvalue weighted by Gasteiger charge is -2.23. The number of aliphatic hydroxyl groups is 1. The Labute approximate surface area is 107 Å². The summed E-state index contributed by atoms with van der Waals surface area (Å²) in [6.07, 6.45) is -0.587. The molecule has 0 unspecified atom stereocenters. The molecule has 3 N–H and O–H groups in total. The van der Waals surface area contributed by atoms with Crippen LogP contribution < -0.4 is 15.2 Å². The highest BCUT2D eigenvalue weighted by atomic mass is 35.5. The Morgan fingerprint density at radius 1 is 1.29 bits per heavy atom. The van der Waals surface area contributed by atoms with Crippen LogP contribution in [0.5, 0.6) is 11.5 Å². The highest BCUT2D eigenvalue weighted by Crippen LogP contribution is 2.39. The van der Waals surface area contributed by atoms with E-state index < -0.39 is 12.1 Å². The number of halogens is 1. The quantitative estimate of drug-likeness (QED) is 0.870. The highest BCUT2D eigenvalue weighted by Gasteiger charge is 2.26. The zero-order valence-corrected chi connectivity index (χ0v) is 10.7. The van der Waals surface area contributed by atoms with Gasteiger partial charge in [0.05, 0.1) is 12.1 Å². The Balaban J connectivity index is 0.00000144. The molecule has 2 atom stereocenters. The SMILES string of the molecule is CC(C)[C@H](O)[C@H](N)c1cccc2c1OCO2.Cl. The third-order valence-corrected chi connectivity index (χ3v) is 2.84. The summed E-state index contributed by atoms with van der Waals surface area (Å²) in [5.41, 5.74) is 6.83. The average molecular weight is 260 g/mol. The summed E-state index contributed by atoms with van der Waals surface area (Å²) in [4.78, 5) is 0. The lowest BCUT2D eigenvalue weighted by molar-refractivity contribution is 0.0963. The van der Waals surface area contributed by atoms with E-state index >= 15 is 0 Å². The second-order valence-corrected chi connectivity index (χ2v) is 4.34. The first-order chi connectivity index (χ1) is 7.61. The molecule has 1 aromatic rings. The van der Waals surface area contributed by atoms with Crippen LogP contribution in [0.2, 0.25) is 0 Å². The van der Waals surface area contributed by atoms with Crippen LogP contribution in [0.3, 0.4) is 0 Å². The first kappa shape index (κ1) is 14.1. The Morgan fingerprint density at radius 2 is 2.00 bits per heavy atom. The van der Waals surface area contributed by atoms with Gasteiger partial charge in [-0.1, -0.05) is 26.0 Å². The fourth-order valence-electron chi connectivity index (χ4n) is 1.81. The standard InChI is InChI=1S/C12H17NO3.ClH/c1-7(2)11(14)10(13)8-4-3-5-9-12(8)16-6-15-9;/h3-5,7,10-11,14H,6,13H2,1-2H3;1H/t10-,11+;/m1./s1. The van der Waals surface area contributed by atoms with Gasteiger partial charge in [-0.15, -0.1) is 12.4 Å². The Morgan fingerprint density at radius 3 is 2.65 bits per heavy atom. The van der Waals surface area contributed by atoms with Crippen molar-refractivity contribution >= 4 is 12.4 Å². The lowest BCUT2D eigenvalue weighted by Crippen LogP contribution is -2.30. The van der Waals surface area contributed by atoms with Crippen LogP contribution in [0.1, 0.15) is 25.5 Å². The maximum Gasteiger partial charge on any atom is 0.231 e. The molecule has 0 amide bonds. The molecule has 0 saturated heterocycles. The van der Waals surface area contributed by atoms with Gasteiger partial charge in [0.25, 0.3) is 0 Å². The molecule has 1 aromatic carbocycles. The minimum Gasteiger partial charge on any atom is -0.454 e. The summed E-state index contributed by atoms with van der Waals surface area (Å²) in [6, 6.07) is 5.11. The van der Waals surface area contributed by atoms with Gasteiger partial charge >= 0.3 is 0 Å². The molecule has 1 aliphatic heterocycles. The van der Waals surface area contributed by atoms with Gasteiger partial charge in [-0.3, -0.25) is 0 Å². The van der Waals surface area contributed by atoms with Crippen molar-refractivity contribution in [1.29, 1.82) is 0 Å². The second kappa shape index (κ2) is 5.58. The van der Waals surface area contributed by atoms with Crippen molar-refractivity contribution in [2.24, 2.45) is 11.7 Å². The van der Waals surface area contributed by atoms with E-state index in [0.717, 1.165) is 5.56 Å². The molecule has 1 heterocycles. The summed E-state index contributed by atoms with van der Waals surface area (Å²) < 4.78 is 10.6. The summed E-state index contributed by atoms with van der Waals surface area (Å²) in [5, 5.41) is 9.96. The number of para-hydroxylation sites is 1. The molecule has 0 aromatic heterocycles. The fraction of sp³-hybridized carbons (Fsp3) is 0.500. The van der Waals surface area contributed by atoms with Gasteiger partial charge in [-0.05, 0) is 12.0 Å². The van der Waals surface area contributed by atoms with Gasteiger partial charge in [0.1, 0.15) is 0 Å². The molecule has 0 aliphatic carbocycles. The predicted molar refractivity (Wildman–Crippen MR) is 67.6 cm³/mol. The normalized spacial score (nSPS) is 16.5. The van der Waals surface area contributed by atoms with Crippen molar-refractivity contribution in [3.05, 3.63) is 23.8 Å². The smallest absolute Gasteiger partial charge is 0.231 e. The van der Waals surface area contributed by atoms with Gasteiger partial charge in [-0.25, -0.2) is 0 Å². The third kappa shape index (κ3) is 2.65. The van der Waals surface area contributed by atoms with Crippen LogP contribution in [0.15, 0.2) is 18.2 Å². The fourth-order valence-corrected chi connectivity index (χ4v) is 1.81. The molecular weight excluding hydrogens is 242 g/mol. The van der Waals surface area contributed by atoms with Crippen LogP contribution in [0.4, 0.5) is 0 Å². The topological polar surface area (TPSA) is 64.7 Å². The minimum atomic E-state index is -0.587. The average Bonchev–Trinajstić information content (AvgIpc) is 2.74. The first-order valence-corrected chi connectivity index (χ1v) is 5.43. The summed E-state index contributed by atoms with van der Waals surface area (Å²) in [7, 11) is 0. The molecule has 1 aliphatic rings. The van der Waals surface area contributed by atoms with Crippen LogP contribution in [0.25, 0.3) is 0 Å². The number of rotatable bonds is 3. The van der Waals surface area contributed by atoms with E-state index in [9.17, 15) is 5.11 Å². The summed E-state index contributed by atoms with van der Waals surface area (Å²) in [6.45, 7) is 4.09. The molecule has 96 valence electrons. The number of hydrogen-bond acceptors (Lipinski definition) is 4. The molecular formula is C12H18ClNO3. The zero-order chi connectivity index (χ0) is 11.7. The van der Waals surface area contributed by atoms with Crippen molar-refractivity contribution in [3.63, 3.8) is 0 Å². The zero-order valence-electron chi connectivity index (χ0n) is 9.92. The number of ether oxygens (including phenoxy) is 2. The van der Waals surface area contributed by atoms with E-state index in [2.05, 4.69) is 0 Å². The van der Waals surface area contributed by atoms with Gasteiger partial charge in [-0.2, -0.15) is 0 Å². The molecule has 0 bridgehead atoms. The van der Waals surface area contributed by atoms with Gasteiger partial charge in [0.15, 0.2) is 11.5 Å². The number of fused-ring (bicyclic) bond motifs is 1.